The Labute approximate surface area is 143 Å². The zero-order chi connectivity index (χ0) is 15.7. The lowest BCUT2D eigenvalue weighted by molar-refractivity contribution is 0.865. The van der Waals surface area contributed by atoms with Gasteiger partial charge in [-0.3, -0.25) is 4.98 Å². The number of aromatic nitrogens is 2. The smallest absolute Gasteiger partial charge is 0.126 e. The van der Waals surface area contributed by atoms with E-state index in [2.05, 4.69) is 72.0 Å². The van der Waals surface area contributed by atoms with Crippen molar-refractivity contribution >= 4 is 27.3 Å². The summed E-state index contributed by atoms with van der Waals surface area (Å²) in [5, 5.41) is 1.05. The molecule has 0 aliphatic carbocycles. The molecule has 3 rings (SSSR count). The standard InChI is InChI=1S/C18H17BrN2S/c1-11(2)15-8-9-20-10-16(15)18-21-17(12(3)22-18)13-4-6-14(19)7-5-13/h4-11H,1-3H3. The van der Waals surface area contributed by atoms with E-state index in [0.717, 1.165) is 26.3 Å². The molecule has 0 unspecified atom stereocenters. The Morgan fingerprint density at radius 1 is 1.09 bits per heavy atom. The summed E-state index contributed by atoms with van der Waals surface area (Å²) in [7, 11) is 0. The minimum Gasteiger partial charge on any atom is -0.264 e. The van der Waals surface area contributed by atoms with Crippen LogP contribution in [0.25, 0.3) is 21.8 Å². The van der Waals surface area contributed by atoms with E-state index in [1.165, 1.54) is 10.4 Å². The third kappa shape index (κ3) is 2.99. The summed E-state index contributed by atoms with van der Waals surface area (Å²) in [6.07, 6.45) is 3.79. The van der Waals surface area contributed by atoms with Crippen molar-refractivity contribution in [2.45, 2.75) is 26.7 Å². The van der Waals surface area contributed by atoms with Gasteiger partial charge in [-0.25, -0.2) is 4.98 Å². The Balaban J connectivity index is 2.08. The van der Waals surface area contributed by atoms with Crippen molar-refractivity contribution in [2.75, 3.05) is 0 Å². The van der Waals surface area contributed by atoms with Gasteiger partial charge < -0.3 is 0 Å². The first-order chi connectivity index (χ1) is 10.6. The third-order valence-electron chi connectivity index (χ3n) is 3.62. The van der Waals surface area contributed by atoms with Crippen LogP contribution in [-0.4, -0.2) is 9.97 Å². The van der Waals surface area contributed by atoms with E-state index in [4.69, 9.17) is 4.98 Å². The molecule has 0 aliphatic heterocycles. The first kappa shape index (κ1) is 15.4. The van der Waals surface area contributed by atoms with Gasteiger partial charge in [0.1, 0.15) is 5.01 Å². The summed E-state index contributed by atoms with van der Waals surface area (Å²) < 4.78 is 1.08. The zero-order valence-electron chi connectivity index (χ0n) is 12.8. The Morgan fingerprint density at radius 2 is 1.82 bits per heavy atom. The normalized spacial score (nSPS) is 11.1. The first-order valence-electron chi connectivity index (χ1n) is 7.24. The molecule has 0 atom stereocenters. The Bertz CT molecular complexity index is 791. The minimum absolute atomic E-state index is 0.457. The summed E-state index contributed by atoms with van der Waals surface area (Å²) in [6, 6.07) is 10.4. The van der Waals surface area contributed by atoms with Crippen LogP contribution in [0.15, 0.2) is 47.2 Å². The van der Waals surface area contributed by atoms with Gasteiger partial charge in [0.05, 0.1) is 5.69 Å². The van der Waals surface area contributed by atoms with E-state index in [9.17, 15) is 0 Å². The van der Waals surface area contributed by atoms with Crippen molar-refractivity contribution in [1.29, 1.82) is 0 Å². The number of pyridine rings is 1. The molecule has 3 aromatic rings. The van der Waals surface area contributed by atoms with Crippen molar-refractivity contribution in [3.8, 4) is 21.8 Å². The molecule has 0 radical (unpaired) electrons. The highest BCUT2D eigenvalue weighted by atomic mass is 79.9. The topological polar surface area (TPSA) is 25.8 Å². The van der Waals surface area contributed by atoms with Crippen LogP contribution in [0.3, 0.4) is 0 Å². The number of nitrogens with zero attached hydrogens (tertiary/aromatic N) is 2. The number of benzene rings is 1. The fraction of sp³-hybridized carbons (Fsp3) is 0.222. The Kier molecular flexibility index (Phi) is 4.41. The lowest BCUT2D eigenvalue weighted by atomic mass is 10.00. The van der Waals surface area contributed by atoms with Crippen LogP contribution in [0.4, 0.5) is 0 Å². The van der Waals surface area contributed by atoms with Gasteiger partial charge in [-0.15, -0.1) is 11.3 Å². The number of rotatable bonds is 3. The lowest BCUT2D eigenvalue weighted by Crippen LogP contribution is -1.93. The van der Waals surface area contributed by atoms with Crippen LogP contribution in [0.2, 0.25) is 0 Å². The molecule has 4 heteroatoms. The highest BCUT2D eigenvalue weighted by Crippen LogP contribution is 2.36. The number of hydrogen-bond donors (Lipinski definition) is 0. The van der Waals surface area contributed by atoms with Gasteiger partial charge in [0, 0.05) is 32.9 Å². The number of halogens is 1. The maximum absolute atomic E-state index is 4.89. The fourth-order valence-electron chi connectivity index (χ4n) is 2.47. The van der Waals surface area contributed by atoms with Gasteiger partial charge in [0.2, 0.25) is 0 Å². The monoisotopic (exact) mass is 372 g/mol. The number of hydrogen-bond acceptors (Lipinski definition) is 3. The average Bonchev–Trinajstić information content (AvgIpc) is 2.90. The molecule has 2 nitrogen and oxygen atoms in total. The number of aryl methyl sites for hydroxylation is 1. The van der Waals surface area contributed by atoms with Crippen LogP contribution >= 0.6 is 27.3 Å². The van der Waals surface area contributed by atoms with Gasteiger partial charge in [0.15, 0.2) is 0 Å². The van der Waals surface area contributed by atoms with E-state index in [1.807, 2.05) is 12.4 Å². The van der Waals surface area contributed by atoms with Crippen molar-refractivity contribution in [1.82, 2.24) is 9.97 Å². The summed E-state index contributed by atoms with van der Waals surface area (Å²) >= 11 is 5.21. The third-order valence-corrected chi connectivity index (χ3v) is 5.15. The summed E-state index contributed by atoms with van der Waals surface area (Å²) in [5.74, 6) is 0.457. The van der Waals surface area contributed by atoms with E-state index >= 15 is 0 Å². The molecule has 112 valence electrons. The Morgan fingerprint density at radius 3 is 2.50 bits per heavy atom. The van der Waals surface area contributed by atoms with Gasteiger partial charge in [-0.05, 0) is 36.6 Å². The van der Waals surface area contributed by atoms with Crippen LogP contribution in [-0.2, 0) is 0 Å². The predicted molar refractivity (Wildman–Crippen MR) is 97.3 cm³/mol. The molecule has 0 fully saturated rings. The maximum atomic E-state index is 4.89. The van der Waals surface area contributed by atoms with E-state index in [1.54, 1.807) is 11.3 Å². The zero-order valence-corrected chi connectivity index (χ0v) is 15.2. The summed E-state index contributed by atoms with van der Waals surface area (Å²) in [6.45, 7) is 6.54. The van der Waals surface area contributed by atoms with Gasteiger partial charge in [-0.2, -0.15) is 0 Å². The van der Waals surface area contributed by atoms with Crippen molar-refractivity contribution in [3.63, 3.8) is 0 Å². The molecule has 0 amide bonds. The molecule has 2 heterocycles. The van der Waals surface area contributed by atoms with Crippen molar-refractivity contribution in [3.05, 3.63) is 57.6 Å². The van der Waals surface area contributed by atoms with Crippen molar-refractivity contribution in [2.24, 2.45) is 0 Å². The van der Waals surface area contributed by atoms with Crippen LogP contribution < -0.4 is 0 Å². The first-order valence-corrected chi connectivity index (χ1v) is 8.85. The van der Waals surface area contributed by atoms with E-state index in [-0.39, 0.29) is 0 Å². The largest absolute Gasteiger partial charge is 0.264 e. The van der Waals surface area contributed by atoms with Crippen LogP contribution in [0, 0.1) is 6.92 Å². The van der Waals surface area contributed by atoms with Crippen LogP contribution in [0.5, 0.6) is 0 Å². The second kappa shape index (κ2) is 6.31. The lowest BCUT2D eigenvalue weighted by Gasteiger charge is -2.09. The molecule has 0 aliphatic rings. The quantitative estimate of drug-likeness (QED) is 0.557. The molecular weight excluding hydrogens is 356 g/mol. The second-order valence-corrected chi connectivity index (χ2v) is 7.67. The molecular formula is C18H17BrN2S. The summed E-state index contributed by atoms with van der Waals surface area (Å²) in [4.78, 5) is 10.4. The van der Waals surface area contributed by atoms with Gasteiger partial charge in [-0.1, -0.05) is 41.9 Å². The molecule has 0 bridgehead atoms. The summed E-state index contributed by atoms with van der Waals surface area (Å²) in [5.41, 5.74) is 4.66. The van der Waals surface area contributed by atoms with E-state index in [0.29, 0.717) is 5.92 Å². The molecule has 0 spiro atoms. The molecule has 2 aromatic heterocycles. The average molecular weight is 373 g/mol. The SMILES string of the molecule is Cc1sc(-c2cnccc2C(C)C)nc1-c1ccc(Br)cc1. The highest BCUT2D eigenvalue weighted by molar-refractivity contribution is 9.10. The Hall–Kier alpha value is -1.52. The van der Waals surface area contributed by atoms with Gasteiger partial charge >= 0.3 is 0 Å². The maximum Gasteiger partial charge on any atom is 0.126 e. The van der Waals surface area contributed by atoms with Crippen LogP contribution in [0.1, 0.15) is 30.2 Å². The predicted octanol–water partition coefficient (Wildman–Crippen LogP) is 6.07. The minimum atomic E-state index is 0.457. The van der Waals surface area contributed by atoms with Gasteiger partial charge in [0.25, 0.3) is 0 Å². The molecule has 1 aromatic carbocycles. The molecule has 0 saturated heterocycles. The molecule has 22 heavy (non-hydrogen) atoms. The fourth-order valence-corrected chi connectivity index (χ4v) is 3.71. The van der Waals surface area contributed by atoms with Crippen molar-refractivity contribution < 1.29 is 0 Å². The molecule has 0 saturated carbocycles. The van der Waals surface area contributed by atoms with E-state index < -0.39 is 0 Å². The molecule has 0 N–H and O–H groups in total. The number of thiazole rings is 1. The second-order valence-electron chi connectivity index (χ2n) is 5.55. The highest BCUT2D eigenvalue weighted by Gasteiger charge is 2.15.